The quantitative estimate of drug-likeness (QED) is 0.556. The fourth-order valence-electron chi connectivity index (χ4n) is 2.53. The number of amides is 1. The molecule has 0 fully saturated rings. The summed E-state index contributed by atoms with van der Waals surface area (Å²) in [6.07, 6.45) is 0. The molecule has 3 aromatic rings. The van der Waals surface area contributed by atoms with E-state index in [1.807, 2.05) is 19.1 Å². The third kappa shape index (κ3) is 4.53. The second-order valence-electron chi connectivity index (χ2n) is 5.85. The third-order valence-electron chi connectivity index (χ3n) is 3.83. The number of esters is 1. The molecule has 0 N–H and O–H groups in total. The zero-order valence-electron chi connectivity index (χ0n) is 14.8. The van der Waals surface area contributed by atoms with E-state index < -0.39 is 5.97 Å². The Morgan fingerprint density at radius 1 is 1.19 bits per heavy atom. The van der Waals surface area contributed by atoms with Gasteiger partial charge in [-0.05, 0) is 36.8 Å². The zero-order valence-corrected chi connectivity index (χ0v) is 16.4. The van der Waals surface area contributed by atoms with Gasteiger partial charge in [-0.15, -0.1) is 11.3 Å². The highest BCUT2D eigenvalue weighted by molar-refractivity contribution is 7.14. The maximum atomic E-state index is 12.2. The van der Waals surface area contributed by atoms with Crippen LogP contribution in [0.2, 0.25) is 5.02 Å². The fourth-order valence-corrected chi connectivity index (χ4v) is 3.58. The number of nitrogens with zero attached hydrogens (tertiary/aromatic N) is 2. The highest BCUT2D eigenvalue weighted by atomic mass is 35.5. The molecule has 0 aliphatic heterocycles. The molecule has 1 aromatic heterocycles. The van der Waals surface area contributed by atoms with E-state index in [9.17, 15) is 9.59 Å². The number of ether oxygens (including phenoxy) is 1. The van der Waals surface area contributed by atoms with Crippen molar-refractivity contribution >= 4 is 45.6 Å². The van der Waals surface area contributed by atoms with Crippen molar-refractivity contribution in [3.05, 3.63) is 75.8 Å². The zero-order chi connectivity index (χ0) is 19.4. The van der Waals surface area contributed by atoms with Crippen LogP contribution in [0.4, 0.5) is 10.8 Å². The van der Waals surface area contributed by atoms with E-state index in [-0.39, 0.29) is 12.5 Å². The van der Waals surface area contributed by atoms with Crippen LogP contribution in [0.15, 0.2) is 53.9 Å². The second kappa shape index (κ2) is 8.33. The minimum absolute atomic E-state index is 0.0327. The number of hydrogen-bond acceptors (Lipinski definition) is 5. The van der Waals surface area contributed by atoms with Crippen molar-refractivity contribution in [2.75, 3.05) is 4.90 Å². The minimum Gasteiger partial charge on any atom is -0.456 e. The number of carbonyl (C=O) groups is 2. The average molecular weight is 401 g/mol. The number of halogens is 1. The topological polar surface area (TPSA) is 59.5 Å². The number of rotatable bonds is 5. The number of thiazole rings is 1. The van der Waals surface area contributed by atoms with Crippen LogP contribution >= 0.6 is 22.9 Å². The van der Waals surface area contributed by atoms with Gasteiger partial charge in [-0.2, -0.15) is 0 Å². The smallest absolute Gasteiger partial charge is 0.338 e. The van der Waals surface area contributed by atoms with Gasteiger partial charge >= 0.3 is 5.97 Å². The van der Waals surface area contributed by atoms with Crippen LogP contribution in [0.1, 0.15) is 28.5 Å². The molecule has 138 valence electrons. The lowest BCUT2D eigenvalue weighted by molar-refractivity contribution is -0.115. The van der Waals surface area contributed by atoms with Gasteiger partial charge in [0.05, 0.1) is 16.9 Å². The third-order valence-corrected chi connectivity index (χ3v) is 4.94. The van der Waals surface area contributed by atoms with Crippen LogP contribution in [0.3, 0.4) is 0 Å². The molecular weight excluding hydrogens is 384 g/mol. The Morgan fingerprint density at radius 3 is 2.67 bits per heavy atom. The standard InChI is InChI=1S/C20H17ClN2O3S/c1-13-6-3-4-9-18(13)19(25)26-11-16-12-27-20(22-16)23(14(2)24)17-8-5-7-15(21)10-17/h3-10,12H,11H2,1-2H3. The van der Waals surface area contributed by atoms with Gasteiger partial charge in [0.25, 0.3) is 0 Å². The number of carbonyl (C=O) groups excluding carboxylic acids is 2. The molecule has 0 aliphatic carbocycles. The maximum absolute atomic E-state index is 12.2. The Kier molecular flexibility index (Phi) is 5.88. The van der Waals surface area contributed by atoms with Crippen LogP contribution in [0.25, 0.3) is 0 Å². The minimum atomic E-state index is -0.402. The molecule has 1 heterocycles. The molecule has 5 nitrogen and oxygen atoms in total. The van der Waals surface area contributed by atoms with Gasteiger partial charge in [0.2, 0.25) is 5.91 Å². The molecule has 1 amide bonds. The van der Waals surface area contributed by atoms with Gasteiger partial charge in [0.1, 0.15) is 6.61 Å². The van der Waals surface area contributed by atoms with Gasteiger partial charge in [-0.3, -0.25) is 9.69 Å². The van der Waals surface area contributed by atoms with Gasteiger partial charge in [0.15, 0.2) is 5.13 Å². The van der Waals surface area contributed by atoms with Crippen LogP contribution < -0.4 is 4.90 Å². The second-order valence-corrected chi connectivity index (χ2v) is 7.12. The van der Waals surface area contributed by atoms with Crippen molar-refractivity contribution < 1.29 is 14.3 Å². The van der Waals surface area contributed by atoms with Gasteiger partial charge in [0, 0.05) is 17.3 Å². The molecule has 0 unspecified atom stereocenters. The predicted octanol–water partition coefficient (Wildman–Crippen LogP) is 5.15. The monoisotopic (exact) mass is 400 g/mol. The molecule has 0 saturated carbocycles. The molecule has 0 aliphatic rings. The van der Waals surface area contributed by atoms with Crippen LogP contribution in [0, 0.1) is 6.92 Å². The van der Waals surface area contributed by atoms with Crippen molar-refractivity contribution in [2.24, 2.45) is 0 Å². The van der Waals surface area contributed by atoms with E-state index in [2.05, 4.69) is 4.98 Å². The molecule has 7 heteroatoms. The van der Waals surface area contributed by atoms with E-state index in [0.29, 0.717) is 27.1 Å². The molecule has 0 atom stereocenters. The number of hydrogen-bond donors (Lipinski definition) is 0. The highest BCUT2D eigenvalue weighted by Gasteiger charge is 2.19. The number of anilines is 2. The average Bonchev–Trinajstić information content (AvgIpc) is 3.08. The molecule has 27 heavy (non-hydrogen) atoms. The first-order valence-corrected chi connectivity index (χ1v) is 9.45. The summed E-state index contributed by atoms with van der Waals surface area (Å²) in [5.41, 5.74) is 2.58. The van der Waals surface area contributed by atoms with E-state index in [0.717, 1.165) is 5.56 Å². The summed E-state index contributed by atoms with van der Waals surface area (Å²) in [5.74, 6) is -0.587. The summed E-state index contributed by atoms with van der Waals surface area (Å²) < 4.78 is 5.35. The molecule has 2 aromatic carbocycles. The SMILES string of the molecule is CC(=O)N(c1cccc(Cl)c1)c1nc(COC(=O)c2ccccc2C)cs1. The Labute approximate surface area is 166 Å². The number of aryl methyl sites for hydroxylation is 1. The maximum Gasteiger partial charge on any atom is 0.338 e. The Morgan fingerprint density at radius 2 is 1.96 bits per heavy atom. The van der Waals surface area contributed by atoms with Crippen molar-refractivity contribution in [2.45, 2.75) is 20.5 Å². The van der Waals surface area contributed by atoms with E-state index in [4.69, 9.17) is 16.3 Å². The fraction of sp³-hybridized carbons (Fsp3) is 0.150. The molecule has 0 spiro atoms. The molecule has 3 rings (SSSR count). The summed E-state index contributed by atoms with van der Waals surface area (Å²) in [5, 5.41) is 2.79. The van der Waals surface area contributed by atoms with E-state index in [1.165, 1.54) is 23.2 Å². The van der Waals surface area contributed by atoms with E-state index in [1.54, 1.807) is 41.8 Å². The first kappa shape index (κ1) is 19.1. The van der Waals surface area contributed by atoms with Crippen molar-refractivity contribution in [3.63, 3.8) is 0 Å². The first-order valence-electron chi connectivity index (χ1n) is 8.19. The Bertz CT molecular complexity index is 987. The van der Waals surface area contributed by atoms with Crippen molar-refractivity contribution in [1.29, 1.82) is 0 Å². The highest BCUT2D eigenvalue weighted by Crippen LogP contribution is 2.30. The molecule has 0 bridgehead atoms. The van der Waals surface area contributed by atoms with Gasteiger partial charge in [-0.25, -0.2) is 9.78 Å². The lowest BCUT2D eigenvalue weighted by Gasteiger charge is -2.18. The summed E-state index contributed by atoms with van der Waals surface area (Å²) in [6.45, 7) is 3.35. The Balaban J connectivity index is 1.74. The largest absolute Gasteiger partial charge is 0.456 e. The lowest BCUT2D eigenvalue weighted by atomic mass is 10.1. The molecule has 0 saturated heterocycles. The van der Waals surface area contributed by atoms with Crippen LogP contribution in [-0.2, 0) is 16.1 Å². The number of benzene rings is 2. The molecule has 0 radical (unpaired) electrons. The van der Waals surface area contributed by atoms with Crippen molar-refractivity contribution in [3.8, 4) is 0 Å². The van der Waals surface area contributed by atoms with Crippen LogP contribution in [0.5, 0.6) is 0 Å². The lowest BCUT2D eigenvalue weighted by Crippen LogP contribution is -2.22. The predicted molar refractivity (Wildman–Crippen MR) is 107 cm³/mol. The normalized spacial score (nSPS) is 10.5. The van der Waals surface area contributed by atoms with Crippen LogP contribution in [-0.4, -0.2) is 16.9 Å². The Hall–Kier alpha value is -2.70. The van der Waals surface area contributed by atoms with Gasteiger partial charge < -0.3 is 4.74 Å². The summed E-state index contributed by atoms with van der Waals surface area (Å²) in [4.78, 5) is 30.2. The summed E-state index contributed by atoms with van der Waals surface area (Å²) in [6, 6.07) is 14.2. The first-order chi connectivity index (χ1) is 13.0. The van der Waals surface area contributed by atoms with E-state index >= 15 is 0 Å². The number of aromatic nitrogens is 1. The summed E-state index contributed by atoms with van der Waals surface area (Å²) >= 11 is 7.33. The molecular formula is C20H17ClN2O3S. The van der Waals surface area contributed by atoms with Crippen molar-refractivity contribution in [1.82, 2.24) is 4.98 Å². The van der Waals surface area contributed by atoms with Gasteiger partial charge in [-0.1, -0.05) is 35.9 Å². The summed E-state index contributed by atoms with van der Waals surface area (Å²) in [7, 11) is 0.